The zero-order chi connectivity index (χ0) is 12.3. The van der Waals surface area contributed by atoms with Gasteiger partial charge in [0.05, 0.1) is 6.04 Å². The van der Waals surface area contributed by atoms with Gasteiger partial charge in [-0.1, -0.05) is 0 Å². The smallest absolute Gasteiger partial charge is 0.232 e. The molecule has 4 bridgehead atoms. The van der Waals surface area contributed by atoms with Gasteiger partial charge in [0.15, 0.2) is 0 Å². The molecule has 1 aromatic rings. The van der Waals surface area contributed by atoms with Crippen molar-refractivity contribution >= 4 is 0 Å². The fourth-order valence-corrected chi connectivity index (χ4v) is 4.89. The zero-order valence-electron chi connectivity index (χ0n) is 10.9. The molecule has 4 aliphatic carbocycles. The van der Waals surface area contributed by atoms with Crippen LogP contribution in [0.15, 0.2) is 4.42 Å². The Morgan fingerprint density at radius 1 is 1.06 bits per heavy atom. The SMILES string of the molecule is CC(N)c1nnc(C2C3CC4CC(C3)CC2C4)o1. The van der Waals surface area contributed by atoms with Gasteiger partial charge in [-0.25, -0.2) is 0 Å². The van der Waals surface area contributed by atoms with Crippen LogP contribution in [-0.2, 0) is 0 Å². The molecule has 4 aliphatic rings. The summed E-state index contributed by atoms with van der Waals surface area (Å²) < 4.78 is 5.82. The minimum absolute atomic E-state index is 0.150. The van der Waals surface area contributed by atoms with Gasteiger partial charge in [0.2, 0.25) is 11.8 Å². The molecule has 0 aliphatic heterocycles. The van der Waals surface area contributed by atoms with Gasteiger partial charge in [0.1, 0.15) is 0 Å². The van der Waals surface area contributed by atoms with Crippen molar-refractivity contribution in [3.8, 4) is 0 Å². The summed E-state index contributed by atoms with van der Waals surface area (Å²) >= 11 is 0. The standard InChI is InChI=1S/C14H21N3O/c1-7(15)13-16-17-14(18-13)12-10-3-8-2-9(5-10)6-11(12)4-8/h7-12H,2-6,15H2,1H3. The summed E-state index contributed by atoms with van der Waals surface area (Å²) in [4.78, 5) is 0. The summed E-state index contributed by atoms with van der Waals surface area (Å²) in [7, 11) is 0. The highest BCUT2D eigenvalue weighted by molar-refractivity contribution is 5.08. The Bertz CT molecular complexity index is 426. The van der Waals surface area contributed by atoms with E-state index in [1.54, 1.807) is 0 Å². The fraction of sp³-hybridized carbons (Fsp3) is 0.857. The number of rotatable bonds is 2. The third-order valence-electron chi connectivity index (χ3n) is 5.36. The van der Waals surface area contributed by atoms with Crippen LogP contribution in [0.5, 0.6) is 0 Å². The molecule has 4 nitrogen and oxygen atoms in total. The van der Waals surface area contributed by atoms with Crippen LogP contribution in [0.1, 0.15) is 62.8 Å². The molecule has 1 atom stereocenters. The molecule has 0 radical (unpaired) electrons. The van der Waals surface area contributed by atoms with Crippen molar-refractivity contribution in [1.29, 1.82) is 0 Å². The molecule has 1 unspecified atom stereocenters. The Kier molecular flexibility index (Phi) is 2.31. The van der Waals surface area contributed by atoms with Gasteiger partial charge in [-0.05, 0) is 62.7 Å². The van der Waals surface area contributed by atoms with E-state index in [0.29, 0.717) is 11.8 Å². The number of aromatic nitrogens is 2. The maximum absolute atomic E-state index is 5.82. The van der Waals surface area contributed by atoms with Gasteiger partial charge in [0.25, 0.3) is 0 Å². The van der Waals surface area contributed by atoms with Crippen LogP contribution in [0.3, 0.4) is 0 Å². The van der Waals surface area contributed by atoms with E-state index in [4.69, 9.17) is 10.2 Å². The van der Waals surface area contributed by atoms with Crippen molar-refractivity contribution in [1.82, 2.24) is 10.2 Å². The monoisotopic (exact) mass is 247 g/mol. The highest BCUT2D eigenvalue weighted by atomic mass is 16.4. The number of hydrogen-bond donors (Lipinski definition) is 1. The summed E-state index contributed by atoms with van der Waals surface area (Å²) in [6.07, 6.45) is 7.01. The lowest BCUT2D eigenvalue weighted by molar-refractivity contribution is -0.0118. The van der Waals surface area contributed by atoms with E-state index in [0.717, 1.165) is 29.6 Å². The van der Waals surface area contributed by atoms with Crippen molar-refractivity contribution in [2.75, 3.05) is 0 Å². The third kappa shape index (κ3) is 1.54. The molecule has 0 aromatic carbocycles. The summed E-state index contributed by atoms with van der Waals surface area (Å²) in [5.41, 5.74) is 5.81. The van der Waals surface area contributed by atoms with Crippen molar-refractivity contribution in [2.24, 2.45) is 29.4 Å². The number of nitrogens with two attached hydrogens (primary N) is 1. The van der Waals surface area contributed by atoms with Gasteiger partial charge < -0.3 is 10.2 Å². The molecular weight excluding hydrogens is 226 g/mol. The molecule has 98 valence electrons. The molecular formula is C14H21N3O. The highest BCUT2D eigenvalue weighted by Crippen LogP contribution is 2.59. The van der Waals surface area contributed by atoms with E-state index < -0.39 is 0 Å². The van der Waals surface area contributed by atoms with Crippen LogP contribution in [0.4, 0.5) is 0 Å². The Hall–Kier alpha value is -0.900. The average Bonchev–Trinajstić information content (AvgIpc) is 2.77. The summed E-state index contributed by atoms with van der Waals surface area (Å²) in [6, 6.07) is -0.150. The van der Waals surface area contributed by atoms with E-state index in [2.05, 4.69) is 10.2 Å². The summed E-state index contributed by atoms with van der Waals surface area (Å²) in [5, 5.41) is 8.39. The van der Waals surface area contributed by atoms with Crippen LogP contribution >= 0.6 is 0 Å². The Morgan fingerprint density at radius 3 is 2.17 bits per heavy atom. The molecule has 0 amide bonds. The van der Waals surface area contributed by atoms with E-state index in [1.165, 1.54) is 32.1 Å². The molecule has 4 saturated carbocycles. The molecule has 18 heavy (non-hydrogen) atoms. The van der Waals surface area contributed by atoms with Crippen LogP contribution in [0.2, 0.25) is 0 Å². The maximum atomic E-state index is 5.82. The Morgan fingerprint density at radius 2 is 1.67 bits per heavy atom. The predicted molar refractivity (Wildman–Crippen MR) is 66.7 cm³/mol. The second kappa shape index (κ2) is 3.80. The zero-order valence-corrected chi connectivity index (χ0v) is 10.9. The van der Waals surface area contributed by atoms with Crippen molar-refractivity contribution in [3.05, 3.63) is 11.8 Å². The molecule has 1 aromatic heterocycles. The van der Waals surface area contributed by atoms with Gasteiger partial charge in [0, 0.05) is 5.92 Å². The molecule has 1 heterocycles. The first-order chi connectivity index (χ1) is 8.70. The Labute approximate surface area is 107 Å². The quantitative estimate of drug-likeness (QED) is 0.872. The van der Waals surface area contributed by atoms with Crippen LogP contribution in [0, 0.1) is 23.7 Å². The minimum atomic E-state index is -0.150. The molecule has 4 heteroatoms. The molecule has 4 fully saturated rings. The largest absolute Gasteiger partial charge is 0.423 e. The van der Waals surface area contributed by atoms with Crippen LogP contribution < -0.4 is 5.73 Å². The first kappa shape index (κ1) is 11.0. The average molecular weight is 247 g/mol. The lowest BCUT2D eigenvalue weighted by Crippen LogP contribution is -2.43. The van der Waals surface area contributed by atoms with Crippen LogP contribution in [-0.4, -0.2) is 10.2 Å². The van der Waals surface area contributed by atoms with E-state index >= 15 is 0 Å². The topological polar surface area (TPSA) is 64.9 Å². The van der Waals surface area contributed by atoms with Crippen molar-refractivity contribution in [2.45, 2.75) is 51.0 Å². The van der Waals surface area contributed by atoms with Gasteiger partial charge in [-0.15, -0.1) is 10.2 Å². The van der Waals surface area contributed by atoms with Gasteiger partial charge in [-0.3, -0.25) is 0 Å². The highest BCUT2D eigenvalue weighted by Gasteiger charge is 2.50. The normalized spacial score (nSPS) is 43.3. The predicted octanol–water partition coefficient (Wildman–Crippen LogP) is 2.63. The lowest BCUT2D eigenvalue weighted by Gasteiger charge is -2.53. The third-order valence-corrected chi connectivity index (χ3v) is 5.36. The second-order valence-corrected chi connectivity index (χ2v) is 6.72. The molecule has 2 N–H and O–H groups in total. The van der Waals surface area contributed by atoms with Crippen molar-refractivity contribution in [3.63, 3.8) is 0 Å². The first-order valence-corrected chi connectivity index (χ1v) is 7.29. The Balaban J connectivity index is 1.64. The van der Waals surface area contributed by atoms with Gasteiger partial charge in [-0.2, -0.15) is 0 Å². The van der Waals surface area contributed by atoms with Crippen molar-refractivity contribution < 1.29 is 4.42 Å². The van der Waals surface area contributed by atoms with E-state index in [-0.39, 0.29) is 6.04 Å². The summed E-state index contributed by atoms with van der Waals surface area (Å²) in [6.45, 7) is 1.90. The summed E-state index contributed by atoms with van der Waals surface area (Å²) in [5.74, 6) is 5.55. The molecule has 0 spiro atoms. The first-order valence-electron chi connectivity index (χ1n) is 7.29. The minimum Gasteiger partial charge on any atom is -0.423 e. The molecule has 5 rings (SSSR count). The lowest BCUT2D eigenvalue weighted by atomic mass is 9.52. The van der Waals surface area contributed by atoms with E-state index in [9.17, 15) is 0 Å². The maximum Gasteiger partial charge on any atom is 0.232 e. The molecule has 0 saturated heterocycles. The van der Waals surface area contributed by atoms with Gasteiger partial charge >= 0.3 is 0 Å². The van der Waals surface area contributed by atoms with E-state index in [1.807, 2.05) is 6.92 Å². The van der Waals surface area contributed by atoms with Crippen LogP contribution in [0.25, 0.3) is 0 Å². The second-order valence-electron chi connectivity index (χ2n) is 6.72. The fourth-order valence-electron chi connectivity index (χ4n) is 4.89. The number of nitrogens with zero attached hydrogens (tertiary/aromatic N) is 2. The number of hydrogen-bond acceptors (Lipinski definition) is 4.